The monoisotopic (exact) mass is 206 g/mol. The number of hydrogen-bond donors (Lipinski definition) is 0. The second-order valence-electron chi connectivity index (χ2n) is 4.23. The van der Waals surface area contributed by atoms with E-state index in [-0.39, 0.29) is 10.5 Å². The molecule has 0 spiro atoms. The molecule has 0 saturated heterocycles. The van der Waals surface area contributed by atoms with Crippen molar-refractivity contribution < 1.29 is 4.79 Å². The molecule has 0 unspecified atom stereocenters. The average molecular weight is 206 g/mol. The number of ketones is 1. The second kappa shape index (κ2) is 3.13. The van der Waals surface area contributed by atoms with Crippen LogP contribution in [-0.4, -0.2) is 10.5 Å². The van der Waals surface area contributed by atoms with Crippen molar-refractivity contribution in [2.75, 3.05) is 0 Å². The summed E-state index contributed by atoms with van der Waals surface area (Å²) in [6.45, 7) is 6.08. The molecule has 0 bridgehead atoms. The maximum atomic E-state index is 12.1. The van der Waals surface area contributed by atoms with E-state index in [4.69, 9.17) is 0 Å². The van der Waals surface area contributed by atoms with Crippen LogP contribution in [-0.2, 0) is 5.75 Å². The molecule has 0 amide bonds. The van der Waals surface area contributed by atoms with Gasteiger partial charge in [0.2, 0.25) is 0 Å². The van der Waals surface area contributed by atoms with Gasteiger partial charge in [-0.1, -0.05) is 18.2 Å². The lowest BCUT2D eigenvalue weighted by Gasteiger charge is -2.29. The van der Waals surface area contributed by atoms with Crippen LogP contribution in [0.1, 0.15) is 35.3 Å². The number of hydrogen-bond acceptors (Lipinski definition) is 2. The Morgan fingerprint density at radius 3 is 2.79 bits per heavy atom. The van der Waals surface area contributed by atoms with Crippen molar-refractivity contribution in [2.45, 2.75) is 31.3 Å². The van der Waals surface area contributed by atoms with Crippen molar-refractivity contribution in [2.24, 2.45) is 0 Å². The molecule has 2 rings (SSSR count). The molecule has 0 fully saturated rings. The van der Waals surface area contributed by atoms with Crippen LogP contribution in [0.5, 0.6) is 0 Å². The van der Waals surface area contributed by atoms with Gasteiger partial charge in [-0.2, -0.15) is 0 Å². The zero-order valence-electron chi connectivity index (χ0n) is 8.76. The first-order valence-electron chi connectivity index (χ1n) is 4.79. The molecule has 74 valence electrons. The lowest BCUT2D eigenvalue weighted by molar-refractivity contribution is 0.0955. The Bertz CT molecular complexity index is 393. The van der Waals surface area contributed by atoms with Crippen LogP contribution >= 0.6 is 11.8 Å². The Morgan fingerprint density at radius 1 is 1.36 bits per heavy atom. The lowest BCUT2D eigenvalue weighted by Crippen LogP contribution is -2.32. The van der Waals surface area contributed by atoms with E-state index in [2.05, 4.69) is 13.0 Å². The largest absolute Gasteiger partial charge is 0.293 e. The van der Waals surface area contributed by atoms with Gasteiger partial charge in [-0.05, 0) is 31.9 Å². The maximum absolute atomic E-state index is 12.1. The second-order valence-corrected chi connectivity index (χ2v) is 5.83. The van der Waals surface area contributed by atoms with Gasteiger partial charge in [-0.3, -0.25) is 4.79 Å². The first kappa shape index (κ1) is 9.78. The first-order chi connectivity index (χ1) is 6.52. The molecule has 1 aliphatic heterocycles. The van der Waals surface area contributed by atoms with Gasteiger partial charge in [0.05, 0.1) is 4.75 Å². The Kier molecular flexibility index (Phi) is 2.18. The summed E-state index contributed by atoms with van der Waals surface area (Å²) >= 11 is 1.74. The van der Waals surface area contributed by atoms with Gasteiger partial charge in [0.15, 0.2) is 5.78 Å². The summed E-state index contributed by atoms with van der Waals surface area (Å²) in [7, 11) is 0. The summed E-state index contributed by atoms with van der Waals surface area (Å²) in [5.41, 5.74) is 3.38. The Morgan fingerprint density at radius 2 is 2.07 bits per heavy atom. The van der Waals surface area contributed by atoms with Crippen LogP contribution < -0.4 is 0 Å². The predicted molar refractivity (Wildman–Crippen MR) is 60.9 cm³/mol. The molecule has 0 radical (unpaired) electrons. The van der Waals surface area contributed by atoms with Gasteiger partial charge >= 0.3 is 0 Å². The average Bonchev–Trinajstić information content (AvgIpc) is 2.13. The van der Waals surface area contributed by atoms with Crippen LogP contribution in [0.2, 0.25) is 0 Å². The van der Waals surface area contributed by atoms with Crippen molar-refractivity contribution in [1.82, 2.24) is 0 Å². The molecule has 1 heterocycles. The van der Waals surface area contributed by atoms with E-state index >= 15 is 0 Å². The van der Waals surface area contributed by atoms with E-state index in [9.17, 15) is 4.79 Å². The lowest BCUT2D eigenvalue weighted by atomic mass is 9.93. The third-order valence-corrected chi connectivity index (χ3v) is 4.12. The molecule has 0 aromatic heterocycles. The standard InChI is InChI=1S/C12H14OS/c1-8-5-4-6-9-10(8)7-14-12(2,3)11(9)13/h4-6H,7H2,1-3H3. The Balaban J connectivity index is 2.57. The van der Waals surface area contributed by atoms with Crippen LogP contribution in [0, 0.1) is 6.92 Å². The van der Waals surface area contributed by atoms with Gasteiger partial charge < -0.3 is 0 Å². The molecule has 1 aromatic carbocycles. The molecule has 14 heavy (non-hydrogen) atoms. The molecule has 2 heteroatoms. The molecule has 1 aromatic rings. The van der Waals surface area contributed by atoms with Gasteiger partial charge in [0, 0.05) is 11.3 Å². The topological polar surface area (TPSA) is 17.1 Å². The number of aryl methyl sites for hydroxylation is 1. The first-order valence-corrected chi connectivity index (χ1v) is 5.78. The van der Waals surface area contributed by atoms with Crippen LogP contribution in [0.4, 0.5) is 0 Å². The summed E-state index contributed by atoms with van der Waals surface area (Å²) in [5, 5.41) is 0. The third kappa shape index (κ3) is 1.38. The highest BCUT2D eigenvalue weighted by molar-refractivity contribution is 8.00. The van der Waals surface area contributed by atoms with Crippen LogP contribution in [0.15, 0.2) is 18.2 Å². The van der Waals surface area contributed by atoms with Crippen molar-refractivity contribution in [3.63, 3.8) is 0 Å². The summed E-state index contributed by atoms with van der Waals surface area (Å²) in [6, 6.07) is 6.00. The molecule has 0 saturated carbocycles. The molecule has 1 nitrogen and oxygen atoms in total. The highest BCUT2D eigenvalue weighted by atomic mass is 32.2. The summed E-state index contributed by atoms with van der Waals surface area (Å²) in [5.74, 6) is 1.23. The SMILES string of the molecule is Cc1cccc2c1CSC(C)(C)C2=O. The fourth-order valence-corrected chi connectivity index (χ4v) is 2.88. The van der Waals surface area contributed by atoms with Gasteiger partial charge in [-0.15, -0.1) is 11.8 Å². The molecule has 0 atom stereocenters. The van der Waals surface area contributed by atoms with Gasteiger partial charge in [0.1, 0.15) is 0 Å². The smallest absolute Gasteiger partial charge is 0.178 e. The number of Topliss-reactive ketones (excluding diaryl/α,β-unsaturated/α-hetero) is 1. The minimum absolute atomic E-state index is 0.249. The predicted octanol–water partition coefficient (Wildman–Crippen LogP) is 3.20. The number of thioether (sulfide) groups is 1. The van der Waals surface area contributed by atoms with Crippen molar-refractivity contribution >= 4 is 17.5 Å². The zero-order valence-corrected chi connectivity index (χ0v) is 9.57. The van der Waals surface area contributed by atoms with E-state index in [1.54, 1.807) is 11.8 Å². The van der Waals surface area contributed by atoms with E-state index in [1.165, 1.54) is 11.1 Å². The van der Waals surface area contributed by atoms with E-state index in [1.807, 2.05) is 26.0 Å². The zero-order chi connectivity index (χ0) is 10.3. The molecular weight excluding hydrogens is 192 g/mol. The van der Waals surface area contributed by atoms with Gasteiger partial charge in [0.25, 0.3) is 0 Å². The summed E-state index contributed by atoms with van der Waals surface area (Å²) in [4.78, 5) is 12.1. The van der Waals surface area contributed by atoms with Crippen LogP contribution in [0.25, 0.3) is 0 Å². The Labute approximate surface area is 88.9 Å². The maximum Gasteiger partial charge on any atom is 0.178 e. The van der Waals surface area contributed by atoms with E-state index < -0.39 is 0 Å². The van der Waals surface area contributed by atoms with E-state index in [0.29, 0.717) is 0 Å². The van der Waals surface area contributed by atoms with E-state index in [0.717, 1.165) is 11.3 Å². The minimum atomic E-state index is -0.249. The third-order valence-electron chi connectivity index (χ3n) is 2.78. The normalized spacial score (nSPS) is 19.2. The molecule has 1 aliphatic rings. The summed E-state index contributed by atoms with van der Waals surface area (Å²) < 4.78 is -0.249. The summed E-state index contributed by atoms with van der Waals surface area (Å²) in [6.07, 6.45) is 0. The van der Waals surface area contributed by atoms with Crippen molar-refractivity contribution in [1.29, 1.82) is 0 Å². The molecule has 0 aliphatic carbocycles. The van der Waals surface area contributed by atoms with Crippen molar-refractivity contribution in [3.05, 3.63) is 34.9 Å². The number of fused-ring (bicyclic) bond motifs is 1. The molecule has 0 N–H and O–H groups in total. The minimum Gasteiger partial charge on any atom is -0.293 e. The number of carbonyl (C=O) groups is 1. The highest BCUT2D eigenvalue weighted by Crippen LogP contribution is 2.38. The molecular formula is C12H14OS. The Hall–Kier alpha value is -0.760. The fraction of sp³-hybridized carbons (Fsp3) is 0.417. The number of rotatable bonds is 0. The van der Waals surface area contributed by atoms with Crippen LogP contribution in [0.3, 0.4) is 0 Å². The van der Waals surface area contributed by atoms with Gasteiger partial charge in [-0.25, -0.2) is 0 Å². The quantitative estimate of drug-likeness (QED) is 0.648. The van der Waals surface area contributed by atoms with Crippen molar-refractivity contribution in [3.8, 4) is 0 Å². The highest BCUT2D eigenvalue weighted by Gasteiger charge is 2.35. The number of benzene rings is 1. The number of carbonyl (C=O) groups excluding carboxylic acids is 1. The fourth-order valence-electron chi connectivity index (χ4n) is 1.75.